The van der Waals surface area contributed by atoms with Crippen molar-refractivity contribution in [3.05, 3.63) is 77.6 Å². The van der Waals surface area contributed by atoms with E-state index in [4.69, 9.17) is 9.84 Å². The van der Waals surface area contributed by atoms with Crippen molar-refractivity contribution in [3.63, 3.8) is 0 Å². The summed E-state index contributed by atoms with van der Waals surface area (Å²) in [4.78, 5) is 10.6. The van der Waals surface area contributed by atoms with Gasteiger partial charge in [-0.3, -0.25) is 0 Å². The van der Waals surface area contributed by atoms with Crippen LogP contribution >= 0.6 is 0 Å². The highest BCUT2D eigenvalue weighted by molar-refractivity contribution is 5.86. The van der Waals surface area contributed by atoms with Crippen LogP contribution in [0.4, 0.5) is 4.39 Å². The summed E-state index contributed by atoms with van der Waals surface area (Å²) in [6.07, 6.45) is 3.27. The van der Waals surface area contributed by atoms with Gasteiger partial charge in [-0.05, 0) is 78.3 Å². The SMILES string of the molecule is C[C@@H](NC1CC[C@@H](c2ccc(OCC(=O)O)cc2)C1)c1cccc2cc(F)ccc12. The van der Waals surface area contributed by atoms with Gasteiger partial charge in [0.25, 0.3) is 0 Å². The van der Waals surface area contributed by atoms with Crippen LogP contribution in [-0.2, 0) is 4.79 Å². The molecule has 4 nitrogen and oxygen atoms in total. The molecule has 2 N–H and O–H groups in total. The van der Waals surface area contributed by atoms with Crippen LogP contribution in [0.5, 0.6) is 5.75 Å². The van der Waals surface area contributed by atoms with Gasteiger partial charge in [-0.1, -0.05) is 36.4 Å². The van der Waals surface area contributed by atoms with Crippen molar-refractivity contribution < 1.29 is 19.0 Å². The van der Waals surface area contributed by atoms with E-state index in [0.717, 1.165) is 30.0 Å². The van der Waals surface area contributed by atoms with Crippen molar-refractivity contribution in [2.24, 2.45) is 0 Å². The molecule has 1 aliphatic carbocycles. The molecular formula is C25H26FNO3. The van der Waals surface area contributed by atoms with E-state index in [9.17, 15) is 9.18 Å². The van der Waals surface area contributed by atoms with Gasteiger partial charge in [0.1, 0.15) is 11.6 Å². The smallest absolute Gasteiger partial charge is 0.341 e. The molecule has 0 bridgehead atoms. The molecule has 3 atom stereocenters. The van der Waals surface area contributed by atoms with E-state index in [-0.39, 0.29) is 18.5 Å². The molecule has 0 radical (unpaired) electrons. The first-order valence-electron chi connectivity index (χ1n) is 10.4. The Morgan fingerprint density at radius 1 is 1.17 bits per heavy atom. The van der Waals surface area contributed by atoms with Gasteiger partial charge >= 0.3 is 5.97 Å². The average molecular weight is 407 g/mol. The monoisotopic (exact) mass is 407 g/mol. The predicted octanol–water partition coefficient (Wildman–Crippen LogP) is 5.43. The van der Waals surface area contributed by atoms with Crippen LogP contribution in [0.25, 0.3) is 10.8 Å². The molecule has 1 fully saturated rings. The molecule has 0 aliphatic heterocycles. The first-order chi connectivity index (χ1) is 14.5. The van der Waals surface area contributed by atoms with Crippen molar-refractivity contribution in [1.29, 1.82) is 0 Å². The second-order valence-corrected chi connectivity index (χ2v) is 8.06. The lowest BCUT2D eigenvalue weighted by Gasteiger charge is -2.21. The predicted molar refractivity (Wildman–Crippen MR) is 115 cm³/mol. The third-order valence-corrected chi connectivity index (χ3v) is 5.97. The number of fused-ring (bicyclic) bond motifs is 1. The van der Waals surface area contributed by atoms with E-state index in [2.05, 4.69) is 18.3 Å². The number of carboxylic acids is 1. The van der Waals surface area contributed by atoms with Gasteiger partial charge in [0, 0.05) is 12.1 Å². The van der Waals surface area contributed by atoms with Crippen LogP contribution in [0.1, 0.15) is 49.3 Å². The molecule has 4 rings (SSSR count). The molecule has 1 aliphatic rings. The summed E-state index contributed by atoms with van der Waals surface area (Å²) in [5.41, 5.74) is 2.45. The summed E-state index contributed by atoms with van der Waals surface area (Å²) >= 11 is 0. The fraction of sp³-hybridized carbons (Fsp3) is 0.320. The molecule has 1 unspecified atom stereocenters. The summed E-state index contributed by atoms with van der Waals surface area (Å²) in [5, 5.41) is 14.5. The summed E-state index contributed by atoms with van der Waals surface area (Å²) in [7, 11) is 0. The number of ether oxygens (including phenoxy) is 1. The normalized spacial score (nSPS) is 19.7. The van der Waals surface area contributed by atoms with Gasteiger partial charge in [-0.15, -0.1) is 0 Å². The fourth-order valence-electron chi connectivity index (χ4n) is 4.52. The topological polar surface area (TPSA) is 58.6 Å². The molecule has 0 aromatic heterocycles. The van der Waals surface area contributed by atoms with Crippen molar-refractivity contribution >= 4 is 16.7 Å². The maximum Gasteiger partial charge on any atom is 0.341 e. The number of benzene rings is 3. The molecule has 156 valence electrons. The van der Waals surface area contributed by atoms with Crippen molar-refractivity contribution in [1.82, 2.24) is 5.32 Å². The van der Waals surface area contributed by atoms with Crippen LogP contribution in [0.3, 0.4) is 0 Å². The highest BCUT2D eigenvalue weighted by atomic mass is 19.1. The minimum Gasteiger partial charge on any atom is -0.482 e. The standard InChI is InChI=1S/C25H26FNO3/c1-16(23-4-2-3-19-13-20(26)8-12-24(19)23)27-21-9-5-18(14-21)17-6-10-22(11-7-17)30-15-25(28)29/h2-4,6-8,10-13,16,18,21,27H,5,9,14-15H2,1H3,(H,28,29)/t16-,18-,21?/m1/s1. The zero-order chi connectivity index (χ0) is 21.1. The maximum absolute atomic E-state index is 13.6. The van der Waals surface area contributed by atoms with Crippen LogP contribution in [0.15, 0.2) is 60.7 Å². The van der Waals surface area contributed by atoms with Crippen LogP contribution in [0.2, 0.25) is 0 Å². The first-order valence-corrected chi connectivity index (χ1v) is 10.4. The average Bonchev–Trinajstić information content (AvgIpc) is 3.20. The Balaban J connectivity index is 1.39. The van der Waals surface area contributed by atoms with Gasteiger partial charge in [-0.2, -0.15) is 0 Å². The summed E-state index contributed by atoms with van der Waals surface area (Å²) in [5.74, 6) is -0.132. The third-order valence-electron chi connectivity index (χ3n) is 5.97. The number of nitrogens with one attached hydrogen (secondary N) is 1. The quantitative estimate of drug-likeness (QED) is 0.548. The molecule has 0 spiro atoms. The number of hydrogen-bond donors (Lipinski definition) is 2. The van der Waals surface area contributed by atoms with Gasteiger partial charge < -0.3 is 15.2 Å². The highest BCUT2D eigenvalue weighted by Gasteiger charge is 2.27. The van der Waals surface area contributed by atoms with Crippen molar-refractivity contribution in [2.75, 3.05) is 6.61 Å². The molecule has 3 aromatic rings. The van der Waals surface area contributed by atoms with Gasteiger partial charge in [0.2, 0.25) is 0 Å². The lowest BCUT2D eigenvalue weighted by molar-refractivity contribution is -0.139. The number of halogens is 1. The fourth-order valence-corrected chi connectivity index (χ4v) is 4.52. The third kappa shape index (κ3) is 4.62. The number of aliphatic carboxylic acids is 1. The zero-order valence-corrected chi connectivity index (χ0v) is 17.0. The molecule has 0 amide bonds. The molecule has 0 heterocycles. The Bertz CT molecular complexity index is 1030. The number of carbonyl (C=O) groups is 1. The lowest BCUT2D eigenvalue weighted by atomic mass is 9.96. The Morgan fingerprint density at radius 3 is 2.73 bits per heavy atom. The zero-order valence-electron chi connectivity index (χ0n) is 17.0. The molecule has 5 heteroatoms. The lowest BCUT2D eigenvalue weighted by Crippen LogP contribution is -2.29. The van der Waals surface area contributed by atoms with Crippen molar-refractivity contribution in [3.8, 4) is 5.75 Å². The second-order valence-electron chi connectivity index (χ2n) is 8.06. The van der Waals surface area contributed by atoms with Gasteiger partial charge in [0.05, 0.1) is 0 Å². The molecule has 1 saturated carbocycles. The Labute approximate surface area is 175 Å². The number of rotatable bonds is 7. The summed E-state index contributed by atoms with van der Waals surface area (Å²) in [6.45, 7) is 1.84. The molecule has 30 heavy (non-hydrogen) atoms. The second kappa shape index (κ2) is 8.84. The summed E-state index contributed by atoms with van der Waals surface area (Å²) < 4.78 is 18.8. The largest absolute Gasteiger partial charge is 0.482 e. The van der Waals surface area contributed by atoms with E-state index < -0.39 is 5.97 Å². The van der Waals surface area contributed by atoms with E-state index in [0.29, 0.717) is 17.7 Å². The minimum atomic E-state index is -0.978. The van der Waals surface area contributed by atoms with E-state index >= 15 is 0 Å². The van der Waals surface area contributed by atoms with Crippen molar-refractivity contribution in [2.45, 2.75) is 44.2 Å². The highest BCUT2D eigenvalue weighted by Crippen LogP contribution is 2.36. The van der Waals surface area contributed by atoms with Crippen LogP contribution in [0, 0.1) is 5.82 Å². The summed E-state index contributed by atoms with van der Waals surface area (Å²) in [6, 6.07) is 19.4. The minimum absolute atomic E-state index is 0.176. The van der Waals surface area contributed by atoms with Crippen LogP contribution < -0.4 is 10.1 Å². The number of hydrogen-bond acceptors (Lipinski definition) is 3. The maximum atomic E-state index is 13.6. The molecule has 0 saturated heterocycles. The Morgan fingerprint density at radius 2 is 1.97 bits per heavy atom. The van der Waals surface area contributed by atoms with Gasteiger partial charge in [0.15, 0.2) is 6.61 Å². The molecule has 3 aromatic carbocycles. The van der Waals surface area contributed by atoms with E-state index in [1.807, 2.05) is 42.5 Å². The Hall–Kier alpha value is -2.92. The van der Waals surface area contributed by atoms with Crippen LogP contribution in [-0.4, -0.2) is 23.7 Å². The van der Waals surface area contributed by atoms with E-state index in [1.165, 1.54) is 17.2 Å². The molecular weight excluding hydrogens is 381 g/mol. The Kier molecular flexibility index (Phi) is 6.00. The number of carboxylic acid groups (broad SMARTS) is 1. The van der Waals surface area contributed by atoms with Gasteiger partial charge in [-0.25, -0.2) is 9.18 Å². The van der Waals surface area contributed by atoms with E-state index in [1.54, 1.807) is 6.07 Å². The first kappa shape index (κ1) is 20.4.